The van der Waals surface area contributed by atoms with Crippen molar-refractivity contribution in [3.63, 3.8) is 0 Å². The number of carbonyl (C=O) groups is 2. The molecule has 1 aliphatic rings. The van der Waals surface area contributed by atoms with Crippen LogP contribution in [0.2, 0.25) is 0 Å². The zero-order valence-electron chi connectivity index (χ0n) is 13.5. The van der Waals surface area contributed by atoms with Crippen LogP contribution in [0, 0.1) is 11.3 Å². The highest BCUT2D eigenvalue weighted by molar-refractivity contribution is 6.01. The van der Waals surface area contributed by atoms with Crippen LogP contribution in [0.5, 0.6) is 0 Å². The highest BCUT2D eigenvalue weighted by Crippen LogP contribution is 2.29. The van der Waals surface area contributed by atoms with Crippen molar-refractivity contribution in [2.75, 3.05) is 6.54 Å². The van der Waals surface area contributed by atoms with E-state index in [2.05, 4.69) is 33.0 Å². The molecule has 0 bridgehead atoms. The summed E-state index contributed by atoms with van der Waals surface area (Å²) in [5, 5.41) is 2.88. The summed E-state index contributed by atoms with van der Waals surface area (Å²) in [6.07, 6.45) is 2.36. The molecule has 3 heteroatoms. The molecule has 1 heterocycles. The monoisotopic (exact) mass is 287 g/mol. The number of nitrogens with one attached hydrogen (secondary N) is 1. The van der Waals surface area contributed by atoms with Crippen LogP contribution in [0.15, 0.2) is 18.2 Å². The molecule has 0 fully saturated rings. The molecule has 1 aromatic rings. The molecular formula is C18H25NO2. The van der Waals surface area contributed by atoms with Gasteiger partial charge in [-0.3, -0.25) is 9.59 Å². The predicted octanol–water partition coefficient (Wildman–Crippen LogP) is 3.62. The zero-order valence-corrected chi connectivity index (χ0v) is 13.5. The van der Waals surface area contributed by atoms with Crippen molar-refractivity contribution in [3.8, 4) is 0 Å². The molecule has 114 valence electrons. The van der Waals surface area contributed by atoms with Gasteiger partial charge in [0.2, 0.25) is 0 Å². The first kappa shape index (κ1) is 15.7. The maximum absolute atomic E-state index is 12.4. The number of carbonyl (C=O) groups excluding carboxylic acids is 2. The molecular weight excluding hydrogens is 262 g/mol. The quantitative estimate of drug-likeness (QED) is 0.863. The number of aryl methyl sites for hydroxylation is 1. The number of Topliss-reactive ketones (excluding diaryl/α,β-unsaturated/α-hetero) is 1. The van der Waals surface area contributed by atoms with Crippen molar-refractivity contribution >= 4 is 11.7 Å². The summed E-state index contributed by atoms with van der Waals surface area (Å²) >= 11 is 0. The fourth-order valence-electron chi connectivity index (χ4n) is 2.46. The van der Waals surface area contributed by atoms with Crippen molar-refractivity contribution in [1.82, 2.24) is 5.32 Å². The fourth-order valence-corrected chi connectivity index (χ4v) is 2.46. The van der Waals surface area contributed by atoms with E-state index in [0.29, 0.717) is 30.0 Å². The summed E-state index contributed by atoms with van der Waals surface area (Å²) in [5.41, 5.74) is 2.48. The molecule has 0 aromatic heterocycles. The molecule has 1 amide bonds. The predicted molar refractivity (Wildman–Crippen MR) is 84.7 cm³/mol. The van der Waals surface area contributed by atoms with E-state index in [1.165, 1.54) is 0 Å². The van der Waals surface area contributed by atoms with Crippen molar-refractivity contribution in [2.45, 2.75) is 47.0 Å². The van der Waals surface area contributed by atoms with Gasteiger partial charge in [-0.2, -0.15) is 0 Å². The van der Waals surface area contributed by atoms with Gasteiger partial charge in [0.25, 0.3) is 5.91 Å². The fraction of sp³-hybridized carbons (Fsp3) is 0.556. The molecule has 1 N–H and O–H groups in total. The Morgan fingerprint density at radius 2 is 2.05 bits per heavy atom. The third-order valence-electron chi connectivity index (χ3n) is 4.55. The Morgan fingerprint density at radius 1 is 1.33 bits per heavy atom. The van der Waals surface area contributed by atoms with Crippen LogP contribution in [-0.2, 0) is 6.42 Å². The lowest BCUT2D eigenvalue weighted by Gasteiger charge is -2.26. The summed E-state index contributed by atoms with van der Waals surface area (Å²) in [4.78, 5) is 24.5. The SMILES string of the molecule is CC(CC(=O)c1ccc2c(c1)C(=O)NCCC2)C(C)(C)C. The molecule has 0 saturated heterocycles. The van der Waals surface area contributed by atoms with Crippen molar-refractivity contribution in [3.05, 3.63) is 34.9 Å². The number of hydrogen-bond donors (Lipinski definition) is 1. The van der Waals surface area contributed by atoms with Gasteiger partial charge < -0.3 is 5.32 Å². The Balaban J connectivity index is 2.22. The molecule has 0 spiro atoms. The average Bonchev–Trinajstić information content (AvgIpc) is 2.59. The van der Waals surface area contributed by atoms with E-state index in [0.717, 1.165) is 18.4 Å². The van der Waals surface area contributed by atoms with Gasteiger partial charge in [-0.25, -0.2) is 0 Å². The molecule has 3 nitrogen and oxygen atoms in total. The largest absolute Gasteiger partial charge is 0.352 e. The lowest BCUT2D eigenvalue weighted by Crippen LogP contribution is -2.23. The number of ketones is 1. The van der Waals surface area contributed by atoms with E-state index in [1.54, 1.807) is 6.07 Å². The smallest absolute Gasteiger partial charge is 0.251 e. The van der Waals surface area contributed by atoms with Crippen LogP contribution < -0.4 is 5.32 Å². The Labute approximate surface area is 127 Å². The first-order chi connectivity index (χ1) is 9.79. The lowest BCUT2D eigenvalue weighted by molar-refractivity contribution is 0.0927. The topological polar surface area (TPSA) is 46.2 Å². The molecule has 0 aliphatic carbocycles. The van der Waals surface area contributed by atoms with Gasteiger partial charge in [0.1, 0.15) is 0 Å². The van der Waals surface area contributed by atoms with E-state index in [-0.39, 0.29) is 17.1 Å². The third kappa shape index (κ3) is 3.72. The van der Waals surface area contributed by atoms with Crippen LogP contribution in [0.3, 0.4) is 0 Å². The number of benzene rings is 1. The summed E-state index contributed by atoms with van der Waals surface area (Å²) in [6, 6.07) is 5.58. The van der Waals surface area contributed by atoms with E-state index in [1.807, 2.05) is 12.1 Å². The minimum Gasteiger partial charge on any atom is -0.352 e. The molecule has 0 radical (unpaired) electrons. The van der Waals surface area contributed by atoms with Gasteiger partial charge >= 0.3 is 0 Å². The highest BCUT2D eigenvalue weighted by atomic mass is 16.1. The number of hydrogen-bond acceptors (Lipinski definition) is 2. The summed E-state index contributed by atoms with van der Waals surface area (Å²) in [7, 11) is 0. The van der Waals surface area contributed by atoms with Crippen molar-refractivity contribution in [2.24, 2.45) is 11.3 Å². The number of fused-ring (bicyclic) bond motifs is 1. The number of rotatable bonds is 3. The minimum absolute atomic E-state index is 0.0546. The maximum Gasteiger partial charge on any atom is 0.251 e. The van der Waals surface area contributed by atoms with Gasteiger partial charge in [-0.1, -0.05) is 39.8 Å². The second kappa shape index (κ2) is 6.00. The Hall–Kier alpha value is -1.64. The Morgan fingerprint density at radius 3 is 2.71 bits per heavy atom. The van der Waals surface area contributed by atoms with E-state index in [4.69, 9.17) is 0 Å². The molecule has 0 saturated carbocycles. The minimum atomic E-state index is -0.0546. The van der Waals surface area contributed by atoms with Gasteiger partial charge in [0, 0.05) is 24.1 Å². The molecule has 1 aromatic carbocycles. The van der Waals surface area contributed by atoms with Crippen molar-refractivity contribution in [1.29, 1.82) is 0 Å². The Kier molecular flexibility index (Phi) is 4.50. The van der Waals surface area contributed by atoms with Gasteiger partial charge in [0.05, 0.1) is 0 Å². The molecule has 1 unspecified atom stereocenters. The van der Waals surface area contributed by atoms with Crippen LogP contribution in [0.1, 0.15) is 66.8 Å². The van der Waals surface area contributed by atoms with Gasteiger partial charge in [0.15, 0.2) is 5.78 Å². The molecule has 1 atom stereocenters. The molecule has 2 rings (SSSR count). The number of amides is 1. The average molecular weight is 287 g/mol. The summed E-state index contributed by atoms with van der Waals surface area (Å²) < 4.78 is 0. The van der Waals surface area contributed by atoms with Crippen molar-refractivity contribution < 1.29 is 9.59 Å². The van der Waals surface area contributed by atoms with Crippen LogP contribution >= 0.6 is 0 Å². The molecule has 1 aliphatic heterocycles. The van der Waals surface area contributed by atoms with E-state index < -0.39 is 0 Å². The Bertz CT molecular complexity index is 555. The normalized spacial score (nSPS) is 16.7. The maximum atomic E-state index is 12.4. The second-order valence-electron chi connectivity index (χ2n) is 7.13. The molecule has 21 heavy (non-hydrogen) atoms. The van der Waals surface area contributed by atoms with Gasteiger partial charge in [-0.15, -0.1) is 0 Å². The zero-order chi connectivity index (χ0) is 15.6. The van der Waals surface area contributed by atoms with Crippen LogP contribution in [0.25, 0.3) is 0 Å². The second-order valence-corrected chi connectivity index (χ2v) is 7.13. The van der Waals surface area contributed by atoms with E-state index >= 15 is 0 Å². The van der Waals surface area contributed by atoms with E-state index in [9.17, 15) is 9.59 Å². The summed E-state index contributed by atoms with van der Waals surface area (Å²) in [5.74, 6) is 0.371. The summed E-state index contributed by atoms with van der Waals surface area (Å²) in [6.45, 7) is 9.26. The van der Waals surface area contributed by atoms with Gasteiger partial charge in [-0.05, 0) is 35.8 Å². The third-order valence-corrected chi connectivity index (χ3v) is 4.55. The standard InChI is InChI=1S/C18H25NO2/c1-12(18(2,3)4)10-16(20)14-8-7-13-6-5-9-19-17(21)15(13)11-14/h7-8,11-12H,5-6,9-10H2,1-4H3,(H,19,21). The lowest BCUT2D eigenvalue weighted by atomic mass is 9.78. The highest BCUT2D eigenvalue weighted by Gasteiger charge is 2.24. The first-order valence-corrected chi connectivity index (χ1v) is 7.73. The first-order valence-electron chi connectivity index (χ1n) is 7.73. The van der Waals surface area contributed by atoms with Crippen LogP contribution in [-0.4, -0.2) is 18.2 Å². The van der Waals surface area contributed by atoms with Crippen LogP contribution in [0.4, 0.5) is 0 Å².